The Bertz CT molecular complexity index is 1630. The van der Waals surface area contributed by atoms with Crippen LogP contribution in [0, 0.1) is 0 Å². The number of carboxylic acids is 2. The monoisotopic (exact) mass is 956 g/mol. The molecule has 5 N–H and O–H groups in total. The van der Waals surface area contributed by atoms with Gasteiger partial charge in [0.1, 0.15) is 29.9 Å². The highest BCUT2D eigenvalue weighted by Gasteiger charge is 2.24. The number of esters is 1. The number of Topliss-reactive ketones (excluding diaryl/α,β-unsaturated/α-hetero) is 1. The number of amides is 2. The van der Waals surface area contributed by atoms with Crippen molar-refractivity contribution < 1.29 is 75.6 Å². The number of unbranched alkanes of at least 4 members (excludes halogenated alkanes) is 13. The molecule has 0 saturated heterocycles. The molecule has 0 fully saturated rings. The van der Waals surface area contributed by atoms with Crippen LogP contribution in [-0.2, 0) is 57.8 Å². The molecule has 0 saturated carbocycles. The molecule has 2 amide bonds. The third-order valence-corrected chi connectivity index (χ3v) is 10.7. The summed E-state index contributed by atoms with van der Waals surface area (Å²) in [5.74, 6) is -4.32. The van der Waals surface area contributed by atoms with Crippen LogP contribution in [0.25, 0.3) is 0 Å². The first-order valence-electron chi connectivity index (χ1n) is 21.6. The minimum atomic E-state index is -4.78. The minimum Gasteiger partial charge on any atom is -0.481 e. The molecule has 1 aromatic carbocycles. The van der Waals surface area contributed by atoms with Crippen LogP contribution in [0.2, 0.25) is 10.0 Å². The normalized spacial score (nSPS) is 11.9. The summed E-state index contributed by atoms with van der Waals surface area (Å²) in [6, 6.07) is 0.888. The van der Waals surface area contributed by atoms with E-state index >= 15 is 0 Å². The average molecular weight is 958 g/mol. The van der Waals surface area contributed by atoms with Gasteiger partial charge in [0.15, 0.2) is 5.75 Å². The molecular formula is C42H66Cl2N2O16S. The number of benzene rings is 1. The highest BCUT2D eigenvalue weighted by Crippen LogP contribution is 2.35. The predicted molar refractivity (Wildman–Crippen MR) is 233 cm³/mol. The first-order valence-corrected chi connectivity index (χ1v) is 23.8. The zero-order chi connectivity index (χ0) is 46.7. The van der Waals surface area contributed by atoms with Gasteiger partial charge in [-0.1, -0.05) is 100 Å². The van der Waals surface area contributed by atoms with E-state index in [0.29, 0.717) is 12.8 Å². The Morgan fingerprint density at radius 2 is 1.13 bits per heavy atom. The number of aliphatic carboxylic acids is 2. The Morgan fingerprint density at radius 3 is 1.68 bits per heavy atom. The van der Waals surface area contributed by atoms with E-state index in [-0.39, 0.29) is 113 Å². The first kappa shape index (κ1) is 57.6. The molecule has 360 valence electrons. The van der Waals surface area contributed by atoms with Gasteiger partial charge < -0.3 is 44.5 Å². The molecule has 1 atom stereocenters. The van der Waals surface area contributed by atoms with Crippen molar-refractivity contribution >= 4 is 68.8 Å². The maximum atomic E-state index is 12.3. The average Bonchev–Trinajstić information content (AvgIpc) is 3.21. The Labute approximate surface area is 380 Å². The van der Waals surface area contributed by atoms with Gasteiger partial charge in [-0.15, -0.1) is 0 Å². The standard InChI is InChI=1S/C42H66Cl2N2O16S/c43-32-28-34(44)41(36(29-32)63(55,56)57)62-40(52)31-61-27-25-59-23-21-45-38(49)30-60-26-24-58-22-15-16-33(47)19-20-35(42(53)54)46-37(48)17-13-11-9-7-5-3-1-2-4-6-8-10-12-14-18-39(50)51/h28-29,35H,1-27,30-31H2,(H,45,49)(H,46,48)(H,50,51)(H,53,54)(H,55,56,57)/t35-/m0/s1. The van der Waals surface area contributed by atoms with Crippen molar-refractivity contribution in [3.63, 3.8) is 0 Å². The zero-order valence-corrected chi connectivity index (χ0v) is 38.4. The number of ether oxygens (including phenoxy) is 5. The quantitative estimate of drug-likeness (QED) is 0.0207. The number of halogens is 2. The molecule has 1 aromatic rings. The van der Waals surface area contributed by atoms with E-state index in [1.54, 1.807) is 0 Å². The number of rotatable bonds is 41. The number of carbonyl (C=O) groups is 6. The summed E-state index contributed by atoms with van der Waals surface area (Å²) in [5, 5.41) is 22.9. The molecular weight excluding hydrogens is 891 g/mol. The van der Waals surface area contributed by atoms with Crippen molar-refractivity contribution in [3.8, 4) is 5.75 Å². The summed E-state index contributed by atoms with van der Waals surface area (Å²) in [4.78, 5) is 70.0. The van der Waals surface area contributed by atoms with Gasteiger partial charge >= 0.3 is 17.9 Å². The highest BCUT2D eigenvalue weighted by atomic mass is 35.5. The number of ketones is 1. The van der Waals surface area contributed by atoms with E-state index in [4.69, 9.17) is 52.0 Å². The molecule has 0 aliphatic rings. The summed E-state index contributed by atoms with van der Waals surface area (Å²) < 4.78 is 58.5. The van der Waals surface area contributed by atoms with Gasteiger partial charge in [-0.05, 0) is 37.8 Å². The Morgan fingerprint density at radius 1 is 0.603 bits per heavy atom. The number of hydrogen-bond donors (Lipinski definition) is 5. The van der Waals surface area contributed by atoms with Crippen LogP contribution in [0.15, 0.2) is 17.0 Å². The number of carboxylic acid groups (broad SMARTS) is 2. The maximum Gasteiger partial charge on any atom is 0.337 e. The second-order valence-electron chi connectivity index (χ2n) is 14.8. The van der Waals surface area contributed by atoms with Crippen molar-refractivity contribution in [1.29, 1.82) is 0 Å². The molecule has 21 heteroatoms. The Balaban J connectivity index is 1.98. The second-order valence-corrected chi connectivity index (χ2v) is 17.1. The first-order chi connectivity index (χ1) is 30.1. The van der Waals surface area contributed by atoms with Crippen LogP contribution in [0.5, 0.6) is 5.75 Å². The molecule has 0 aliphatic heterocycles. The van der Waals surface area contributed by atoms with Gasteiger partial charge in [0.05, 0.1) is 38.1 Å². The van der Waals surface area contributed by atoms with Gasteiger partial charge in [-0.2, -0.15) is 8.42 Å². The maximum absolute atomic E-state index is 12.3. The van der Waals surface area contributed by atoms with Crippen LogP contribution in [0.4, 0.5) is 0 Å². The van der Waals surface area contributed by atoms with Crippen molar-refractivity contribution in [3.05, 3.63) is 22.2 Å². The van der Waals surface area contributed by atoms with E-state index in [2.05, 4.69) is 10.6 Å². The Kier molecular flexibility index (Phi) is 32.8. The largest absolute Gasteiger partial charge is 0.481 e. The third-order valence-electron chi connectivity index (χ3n) is 9.37. The van der Waals surface area contributed by atoms with Gasteiger partial charge in [-0.25, -0.2) is 9.59 Å². The fraction of sp³-hybridized carbons (Fsp3) is 0.714. The number of hydrogen-bond acceptors (Lipinski definition) is 13. The smallest absolute Gasteiger partial charge is 0.337 e. The molecule has 0 aliphatic carbocycles. The molecule has 0 spiro atoms. The van der Waals surface area contributed by atoms with Gasteiger partial charge in [-0.3, -0.25) is 23.7 Å². The highest BCUT2D eigenvalue weighted by molar-refractivity contribution is 7.86. The summed E-state index contributed by atoms with van der Waals surface area (Å²) in [5.41, 5.74) is 0. The number of nitrogens with one attached hydrogen (secondary N) is 2. The van der Waals surface area contributed by atoms with Crippen LogP contribution in [-0.4, -0.2) is 124 Å². The number of carbonyl (C=O) groups excluding carboxylic acids is 4. The van der Waals surface area contributed by atoms with Crippen LogP contribution >= 0.6 is 23.2 Å². The van der Waals surface area contributed by atoms with Crippen LogP contribution in [0.1, 0.15) is 128 Å². The van der Waals surface area contributed by atoms with Gasteiger partial charge in [0.2, 0.25) is 11.8 Å². The lowest BCUT2D eigenvalue weighted by atomic mass is 10.0. The lowest BCUT2D eigenvalue weighted by Crippen LogP contribution is -2.41. The lowest BCUT2D eigenvalue weighted by Gasteiger charge is -2.14. The summed E-state index contributed by atoms with van der Waals surface area (Å²) in [6.07, 6.45) is 16.1. The van der Waals surface area contributed by atoms with Gasteiger partial charge in [0, 0.05) is 43.9 Å². The lowest BCUT2D eigenvalue weighted by molar-refractivity contribution is -0.142. The zero-order valence-electron chi connectivity index (χ0n) is 36.1. The minimum absolute atomic E-state index is 0.0112. The van der Waals surface area contributed by atoms with Crippen molar-refractivity contribution in [2.75, 3.05) is 59.4 Å². The predicted octanol–water partition coefficient (Wildman–Crippen LogP) is 6.35. The molecule has 18 nitrogen and oxygen atoms in total. The molecule has 0 aromatic heterocycles. The fourth-order valence-corrected chi connectivity index (χ4v) is 7.37. The van der Waals surface area contributed by atoms with E-state index in [1.807, 2.05) is 0 Å². The summed E-state index contributed by atoms with van der Waals surface area (Å²) in [6.45, 7) is 0.164. The molecule has 63 heavy (non-hydrogen) atoms. The van der Waals surface area contributed by atoms with Crippen LogP contribution < -0.4 is 15.4 Å². The molecule has 0 radical (unpaired) electrons. The second kappa shape index (κ2) is 35.9. The van der Waals surface area contributed by atoms with E-state index in [0.717, 1.165) is 57.1 Å². The van der Waals surface area contributed by atoms with E-state index in [9.17, 15) is 46.8 Å². The van der Waals surface area contributed by atoms with E-state index in [1.165, 1.54) is 38.5 Å². The third kappa shape index (κ3) is 32.0. The molecule has 0 bridgehead atoms. The Hall–Kier alpha value is -3.43. The van der Waals surface area contributed by atoms with Crippen molar-refractivity contribution in [1.82, 2.24) is 10.6 Å². The van der Waals surface area contributed by atoms with Gasteiger partial charge in [0.25, 0.3) is 10.1 Å². The van der Waals surface area contributed by atoms with E-state index < -0.39 is 51.3 Å². The summed E-state index contributed by atoms with van der Waals surface area (Å²) >= 11 is 11.6. The molecule has 1 rings (SSSR count). The van der Waals surface area contributed by atoms with Crippen molar-refractivity contribution in [2.45, 2.75) is 139 Å². The topological polar surface area (TPSA) is 267 Å². The summed E-state index contributed by atoms with van der Waals surface area (Å²) in [7, 11) is -4.78. The SMILES string of the molecule is O=C(O)CCCCCCCCCCCCCCCCC(=O)N[C@@H](CCC(=O)CCCOCCOCC(=O)NCCOCCOCC(=O)Oc1c(Cl)cc(Cl)cc1S(=O)(=O)O)C(=O)O. The fourth-order valence-electron chi connectivity index (χ4n) is 6.05. The molecule has 0 heterocycles. The molecule has 0 unspecified atom stereocenters. The van der Waals surface area contributed by atoms with Crippen molar-refractivity contribution in [2.24, 2.45) is 0 Å². The van der Waals surface area contributed by atoms with Crippen LogP contribution in [0.3, 0.4) is 0 Å².